The molecule has 0 spiro atoms. The largest absolute Gasteiger partial charge is 0.416 e. The molecule has 228 valence electrons. The van der Waals surface area contributed by atoms with Gasteiger partial charge in [-0.3, -0.25) is 28.1 Å². The number of halogens is 5. The van der Waals surface area contributed by atoms with Crippen molar-refractivity contribution >= 4 is 22.1 Å². The van der Waals surface area contributed by atoms with Gasteiger partial charge >= 0.3 is 6.18 Å². The van der Waals surface area contributed by atoms with E-state index in [4.69, 9.17) is 0 Å². The Hall–Kier alpha value is -5.21. The molecule has 2 aromatic carbocycles. The summed E-state index contributed by atoms with van der Waals surface area (Å²) in [5.41, 5.74) is -1.05. The predicted octanol–water partition coefficient (Wildman–Crippen LogP) is 4.27. The maximum absolute atomic E-state index is 13.7. The van der Waals surface area contributed by atoms with E-state index in [1.54, 1.807) is 27.9 Å². The van der Waals surface area contributed by atoms with Crippen LogP contribution in [0, 0.1) is 25.5 Å². The number of fused-ring (bicyclic) bond motifs is 2. The highest BCUT2D eigenvalue weighted by molar-refractivity contribution is 5.73. The van der Waals surface area contributed by atoms with Gasteiger partial charge in [-0.25, -0.2) is 18.7 Å². The van der Waals surface area contributed by atoms with E-state index in [1.807, 2.05) is 0 Å². The molecule has 0 bridgehead atoms. The fraction of sp³-hybridized carbons (Fsp3) is 0.241. The van der Waals surface area contributed by atoms with E-state index in [1.165, 1.54) is 55.2 Å². The van der Waals surface area contributed by atoms with E-state index < -0.39 is 28.9 Å². The first-order valence-electron chi connectivity index (χ1n) is 13.1. The molecule has 0 unspecified atom stereocenters. The summed E-state index contributed by atoms with van der Waals surface area (Å²) in [7, 11) is 3.33. The molecule has 0 N–H and O–H groups in total. The Balaban J connectivity index is 0.000000175. The molecule has 10 nitrogen and oxygen atoms in total. The van der Waals surface area contributed by atoms with Gasteiger partial charge in [-0.1, -0.05) is 24.3 Å². The van der Waals surface area contributed by atoms with Crippen LogP contribution in [0.25, 0.3) is 22.1 Å². The molecular weight excluding hydrogens is 587 g/mol. The molecule has 0 radical (unpaired) electrons. The van der Waals surface area contributed by atoms with Gasteiger partial charge in [-0.05, 0) is 37.6 Å². The lowest BCUT2D eigenvalue weighted by Gasteiger charge is -2.15. The molecule has 4 aromatic heterocycles. The van der Waals surface area contributed by atoms with Gasteiger partial charge in [0.15, 0.2) is 11.3 Å². The quantitative estimate of drug-likeness (QED) is 0.276. The zero-order valence-corrected chi connectivity index (χ0v) is 23.9. The van der Waals surface area contributed by atoms with Gasteiger partial charge in [0.2, 0.25) is 0 Å². The number of benzene rings is 2. The molecule has 0 atom stereocenters. The Morgan fingerprint density at radius 3 is 1.68 bits per heavy atom. The number of rotatable bonds is 4. The van der Waals surface area contributed by atoms with Crippen LogP contribution in [-0.4, -0.2) is 38.7 Å². The van der Waals surface area contributed by atoms with Crippen molar-refractivity contribution in [1.82, 2.24) is 38.7 Å². The first kappa shape index (κ1) is 30.3. The lowest BCUT2D eigenvalue weighted by atomic mass is 10.1. The smallest absolute Gasteiger partial charge is 0.292 e. The van der Waals surface area contributed by atoms with Crippen molar-refractivity contribution in [1.29, 1.82) is 0 Å². The van der Waals surface area contributed by atoms with Crippen LogP contribution in [0.3, 0.4) is 0 Å². The van der Waals surface area contributed by atoms with Gasteiger partial charge in [-0.2, -0.15) is 23.4 Å². The Labute approximate surface area is 245 Å². The fourth-order valence-electron chi connectivity index (χ4n) is 4.75. The van der Waals surface area contributed by atoms with Gasteiger partial charge in [0.1, 0.15) is 34.1 Å². The molecule has 6 rings (SSSR count). The topological polar surface area (TPSA) is 105 Å². The maximum atomic E-state index is 13.7. The Morgan fingerprint density at radius 2 is 1.18 bits per heavy atom. The molecule has 0 saturated carbocycles. The van der Waals surface area contributed by atoms with Crippen LogP contribution in [0.1, 0.15) is 28.3 Å². The second-order valence-electron chi connectivity index (χ2n) is 10.0. The molecule has 0 saturated heterocycles. The summed E-state index contributed by atoms with van der Waals surface area (Å²) in [4.78, 5) is 33.3. The molecule has 0 aliphatic rings. The van der Waals surface area contributed by atoms with Crippen molar-refractivity contribution < 1.29 is 22.0 Å². The van der Waals surface area contributed by atoms with Gasteiger partial charge < -0.3 is 0 Å². The molecule has 15 heteroatoms. The summed E-state index contributed by atoms with van der Waals surface area (Å²) >= 11 is 0. The zero-order chi connectivity index (χ0) is 31.9. The standard InChI is InChI=1S/C15H13F3N4O.C14H12F2N4O/c1-9-19-13-11(8-21(2)20-13)14(23)22(9)7-10-5-3-4-6-12(10)15(16,17)18;1-8-17-13-10(6-19(2)18-13)14(21)20(8)7-9-11(15)4-3-5-12(9)16/h3-6,8H,7H2,1-2H3;3-6H,7H2,1-2H3. The number of aromatic nitrogens is 8. The number of alkyl halides is 3. The number of hydrogen-bond acceptors (Lipinski definition) is 6. The lowest BCUT2D eigenvalue weighted by Crippen LogP contribution is -2.25. The van der Waals surface area contributed by atoms with E-state index in [0.717, 1.165) is 18.2 Å². The summed E-state index contributed by atoms with van der Waals surface area (Å²) in [5, 5.41) is 8.71. The molecule has 6 aromatic rings. The summed E-state index contributed by atoms with van der Waals surface area (Å²) in [6.45, 7) is 2.78. The normalized spacial score (nSPS) is 11.7. The second-order valence-corrected chi connectivity index (χ2v) is 10.0. The Morgan fingerprint density at radius 1 is 0.705 bits per heavy atom. The van der Waals surface area contributed by atoms with Crippen LogP contribution in [0.5, 0.6) is 0 Å². The molecule has 0 fully saturated rings. The third kappa shape index (κ3) is 5.85. The monoisotopic (exact) mass is 612 g/mol. The van der Waals surface area contributed by atoms with Crippen molar-refractivity contribution in [3.8, 4) is 0 Å². The van der Waals surface area contributed by atoms with E-state index in [-0.39, 0.29) is 40.8 Å². The molecule has 0 aliphatic heterocycles. The van der Waals surface area contributed by atoms with E-state index >= 15 is 0 Å². The zero-order valence-electron chi connectivity index (χ0n) is 23.9. The minimum Gasteiger partial charge on any atom is -0.292 e. The molecule has 44 heavy (non-hydrogen) atoms. The van der Waals surface area contributed by atoms with E-state index in [2.05, 4.69) is 20.2 Å². The average Bonchev–Trinajstić information content (AvgIpc) is 3.51. The summed E-state index contributed by atoms with van der Waals surface area (Å²) in [6.07, 6.45) is -1.42. The van der Waals surface area contributed by atoms with Gasteiger partial charge in [-0.15, -0.1) is 0 Å². The molecule has 0 amide bonds. The van der Waals surface area contributed by atoms with Gasteiger partial charge in [0, 0.05) is 32.1 Å². The summed E-state index contributed by atoms with van der Waals surface area (Å²) < 4.78 is 72.1. The van der Waals surface area contributed by atoms with Crippen LogP contribution in [-0.2, 0) is 33.4 Å². The van der Waals surface area contributed by atoms with Crippen molar-refractivity contribution in [2.24, 2.45) is 14.1 Å². The highest BCUT2D eigenvalue weighted by Gasteiger charge is 2.33. The first-order chi connectivity index (χ1) is 20.7. The highest BCUT2D eigenvalue weighted by Crippen LogP contribution is 2.32. The van der Waals surface area contributed by atoms with Crippen LogP contribution in [0.4, 0.5) is 22.0 Å². The average molecular weight is 613 g/mol. The van der Waals surface area contributed by atoms with Crippen LogP contribution in [0.15, 0.2) is 64.4 Å². The van der Waals surface area contributed by atoms with Crippen molar-refractivity contribution in [3.05, 3.63) is 116 Å². The Bertz CT molecular complexity index is 2120. The van der Waals surface area contributed by atoms with Crippen molar-refractivity contribution in [2.45, 2.75) is 33.1 Å². The maximum Gasteiger partial charge on any atom is 0.416 e. The molecular formula is C29H25F5N8O2. The van der Waals surface area contributed by atoms with Gasteiger partial charge in [0.05, 0.1) is 18.7 Å². The van der Waals surface area contributed by atoms with Crippen molar-refractivity contribution in [3.63, 3.8) is 0 Å². The SMILES string of the molecule is Cc1nc2nn(C)cc2c(=O)n1Cc1c(F)cccc1F.Cc1nc2nn(C)cc2c(=O)n1Cc1ccccc1C(F)(F)F. The Kier molecular flexibility index (Phi) is 7.88. The van der Waals surface area contributed by atoms with Gasteiger partial charge in [0.25, 0.3) is 11.1 Å². The van der Waals surface area contributed by atoms with Crippen LogP contribution < -0.4 is 11.1 Å². The van der Waals surface area contributed by atoms with E-state index in [0.29, 0.717) is 22.7 Å². The third-order valence-corrected chi connectivity index (χ3v) is 6.92. The number of nitrogens with zero attached hydrogens (tertiary/aromatic N) is 8. The summed E-state index contributed by atoms with van der Waals surface area (Å²) in [6, 6.07) is 8.81. The fourth-order valence-corrected chi connectivity index (χ4v) is 4.75. The van der Waals surface area contributed by atoms with Crippen molar-refractivity contribution in [2.75, 3.05) is 0 Å². The second kappa shape index (κ2) is 11.5. The highest BCUT2D eigenvalue weighted by atomic mass is 19.4. The van der Waals surface area contributed by atoms with Crippen LogP contribution >= 0.6 is 0 Å². The summed E-state index contributed by atoms with van der Waals surface area (Å²) in [5.74, 6) is -0.702. The third-order valence-electron chi connectivity index (χ3n) is 6.92. The minimum atomic E-state index is -4.47. The molecule has 0 aliphatic carbocycles. The predicted molar refractivity (Wildman–Crippen MR) is 151 cm³/mol. The van der Waals surface area contributed by atoms with E-state index in [9.17, 15) is 31.5 Å². The first-order valence-corrected chi connectivity index (χ1v) is 13.1. The number of hydrogen-bond donors (Lipinski definition) is 0. The van der Waals surface area contributed by atoms with Crippen LogP contribution in [0.2, 0.25) is 0 Å². The minimum absolute atomic E-state index is 0.0234. The molecule has 4 heterocycles. The lowest BCUT2D eigenvalue weighted by molar-refractivity contribution is -0.138. The number of aryl methyl sites for hydroxylation is 4.